The van der Waals surface area contributed by atoms with Crippen LogP contribution in [0.1, 0.15) is 33.6 Å². The second-order valence-electron chi connectivity index (χ2n) is 6.84. The standard InChI is InChI=1S/C13H21NO3/c1-12(2,3)17-11(16)14-10-7-4-8-9(5-7)13(8,10)6-15/h7-10,15H,4-6H2,1-3H3,(H,14,16). The number of ether oxygens (including phenoxy) is 1. The summed E-state index contributed by atoms with van der Waals surface area (Å²) in [5.41, 5.74) is -0.456. The summed E-state index contributed by atoms with van der Waals surface area (Å²) in [5.74, 6) is 1.86. The van der Waals surface area contributed by atoms with Gasteiger partial charge in [0.1, 0.15) is 5.60 Å². The summed E-state index contributed by atoms with van der Waals surface area (Å²) in [5, 5.41) is 12.6. The van der Waals surface area contributed by atoms with Crippen LogP contribution in [0.15, 0.2) is 0 Å². The summed E-state index contributed by atoms with van der Waals surface area (Å²) in [4.78, 5) is 11.8. The Bertz CT molecular complexity index is 348. The minimum absolute atomic E-state index is 0.00156. The van der Waals surface area contributed by atoms with Crippen LogP contribution in [0.5, 0.6) is 0 Å². The molecule has 3 unspecified atom stereocenters. The first-order valence-electron chi connectivity index (χ1n) is 6.49. The van der Waals surface area contributed by atoms with Gasteiger partial charge in [-0.1, -0.05) is 0 Å². The van der Waals surface area contributed by atoms with Gasteiger partial charge < -0.3 is 15.2 Å². The number of aliphatic hydroxyl groups is 1. The van der Waals surface area contributed by atoms with Crippen molar-refractivity contribution in [1.82, 2.24) is 5.32 Å². The van der Waals surface area contributed by atoms with E-state index >= 15 is 0 Å². The Balaban J connectivity index is 1.65. The predicted octanol–water partition coefficient (Wildman–Crippen LogP) is 1.53. The zero-order chi connectivity index (χ0) is 12.4. The van der Waals surface area contributed by atoms with Crippen LogP contribution in [0.2, 0.25) is 0 Å². The lowest BCUT2D eigenvalue weighted by Crippen LogP contribution is -2.45. The molecule has 0 aromatic rings. The predicted molar refractivity (Wildman–Crippen MR) is 62.4 cm³/mol. The third-order valence-electron chi connectivity index (χ3n) is 4.87. The third-order valence-corrected chi connectivity index (χ3v) is 4.87. The van der Waals surface area contributed by atoms with Crippen LogP contribution in [0.3, 0.4) is 0 Å². The normalized spacial score (nSPS) is 45.9. The average Bonchev–Trinajstić information content (AvgIpc) is 2.55. The highest BCUT2D eigenvalue weighted by Gasteiger charge is 2.79. The highest BCUT2D eigenvalue weighted by molar-refractivity contribution is 5.69. The van der Waals surface area contributed by atoms with Gasteiger partial charge in [0.2, 0.25) is 0 Å². The molecule has 4 nitrogen and oxygen atoms in total. The molecule has 4 bridgehead atoms. The van der Waals surface area contributed by atoms with Crippen LogP contribution in [-0.2, 0) is 4.74 Å². The van der Waals surface area contributed by atoms with Crippen molar-refractivity contribution in [1.29, 1.82) is 0 Å². The first kappa shape index (κ1) is 11.3. The molecule has 4 aliphatic rings. The number of nitrogens with one attached hydrogen (secondary N) is 1. The number of amides is 1. The molecule has 0 heterocycles. The third kappa shape index (κ3) is 1.43. The van der Waals surface area contributed by atoms with E-state index < -0.39 is 5.60 Å². The van der Waals surface area contributed by atoms with Crippen molar-refractivity contribution in [3.05, 3.63) is 0 Å². The van der Waals surface area contributed by atoms with Crippen LogP contribution in [0.4, 0.5) is 4.79 Å². The Kier molecular flexibility index (Phi) is 2.11. The summed E-state index contributed by atoms with van der Waals surface area (Å²) >= 11 is 0. The Labute approximate surface area is 102 Å². The van der Waals surface area contributed by atoms with Crippen molar-refractivity contribution in [3.63, 3.8) is 0 Å². The van der Waals surface area contributed by atoms with Crippen molar-refractivity contribution in [2.24, 2.45) is 23.2 Å². The van der Waals surface area contributed by atoms with Gasteiger partial charge in [-0.2, -0.15) is 0 Å². The molecule has 1 amide bonds. The van der Waals surface area contributed by atoms with Crippen molar-refractivity contribution >= 4 is 6.09 Å². The molecule has 4 heteroatoms. The molecule has 0 aromatic heterocycles. The first-order valence-corrected chi connectivity index (χ1v) is 6.49. The van der Waals surface area contributed by atoms with Crippen molar-refractivity contribution in [2.75, 3.05) is 6.61 Å². The lowest BCUT2D eigenvalue weighted by atomic mass is 9.98. The minimum Gasteiger partial charge on any atom is -0.444 e. The quantitative estimate of drug-likeness (QED) is 0.768. The van der Waals surface area contributed by atoms with E-state index in [1.165, 1.54) is 12.8 Å². The zero-order valence-corrected chi connectivity index (χ0v) is 10.7. The maximum Gasteiger partial charge on any atom is 0.407 e. The van der Waals surface area contributed by atoms with Crippen molar-refractivity contribution < 1.29 is 14.6 Å². The van der Waals surface area contributed by atoms with Gasteiger partial charge in [0.15, 0.2) is 0 Å². The van der Waals surface area contributed by atoms with Gasteiger partial charge in [-0.3, -0.25) is 0 Å². The molecule has 0 spiro atoms. The van der Waals surface area contributed by atoms with Gasteiger partial charge in [0, 0.05) is 11.5 Å². The average molecular weight is 239 g/mol. The van der Waals surface area contributed by atoms with E-state index in [-0.39, 0.29) is 24.2 Å². The van der Waals surface area contributed by atoms with Gasteiger partial charge in [-0.05, 0) is 51.4 Å². The van der Waals surface area contributed by atoms with Crippen LogP contribution in [0, 0.1) is 23.2 Å². The van der Waals surface area contributed by atoms with E-state index in [4.69, 9.17) is 4.74 Å². The molecule has 2 N–H and O–H groups in total. The molecular weight excluding hydrogens is 218 g/mol. The van der Waals surface area contributed by atoms with Crippen molar-refractivity contribution in [2.45, 2.75) is 45.3 Å². The van der Waals surface area contributed by atoms with Gasteiger partial charge in [-0.25, -0.2) is 4.79 Å². The van der Waals surface area contributed by atoms with Gasteiger partial charge in [0.25, 0.3) is 0 Å². The highest BCUT2D eigenvalue weighted by Crippen LogP contribution is 2.78. The summed E-state index contributed by atoms with van der Waals surface area (Å²) in [6, 6.07) is 0.136. The van der Waals surface area contributed by atoms with E-state index in [9.17, 15) is 9.90 Å². The highest BCUT2D eigenvalue weighted by atomic mass is 16.6. The fourth-order valence-electron chi connectivity index (χ4n) is 4.34. The molecule has 4 saturated carbocycles. The molecule has 0 saturated heterocycles. The zero-order valence-electron chi connectivity index (χ0n) is 10.7. The number of rotatable bonds is 2. The molecule has 17 heavy (non-hydrogen) atoms. The smallest absolute Gasteiger partial charge is 0.407 e. The fourth-order valence-corrected chi connectivity index (χ4v) is 4.34. The maximum atomic E-state index is 11.8. The van der Waals surface area contributed by atoms with Crippen LogP contribution < -0.4 is 5.32 Å². The lowest BCUT2D eigenvalue weighted by molar-refractivity contribution is 0.0459. The SMILES string of the molecule is CC(C)(C)OC(=O)NC1C2CC3C(C2)C31CO. The molecular formula is C13H21NO3. The second kappa shape index (κ2) is 3.16. The van der Waals surface area contributed by atoms with Crippen LogP contribution in [0.25, 0.3) is 0 Å². The largest absolute Gasteiger partial charge is 0.444 e. The first-order chi connectivity index (χ1) is 7.88. The summed E-state index contributed by atoms with van der Waals surface area (Å²) in [6.07, 6.45) is 2.01. The van der Waals surface area contributed by atoms with E-state index in [1.54, 1.807) is 0 Å². The fraction of sp³-hybridized carbons (Fsp3) is 0.923. The molecule has 4 aliphatic carbocycles. The Morgan fingerprint density at radius 1 is 1.41 bits per heavy atom. The van der Waals surface area contributed by atoms with Crippen molar-refractivity contribution in [3.8, 4) is 0 Å². The molecule has 0 radical (unpaired) electrons. The van der Waals surface area contributed by atoms with E-state index in [1.807, 2.05) is 20.8 Å². The monoisotopic (exact) mass is 239 g/mol. The number of aliphatic hydroxyl groups excluding tert-OH is 1. The molecule has 4 rings (SSSR count). The molecule has 4 fully saturated rings. The van der Waals surface area contributed by atoms with E-state index in [0.29, 0.717) is 17.8 Å². The number of alkyl carbamates (subject to hydrolysis) is 1. The topological polar surface area (TPSA) is 58.6 Å². The Hall–Kier alpha value is -0.770. The Morgan fingerprint density at radius 3 is 2.47 bits per heavy atom. The maximum absolute atomic E-state index is 11.8. The summed E-state index contributed by atoms with van der Waals surface area (Å²) in [7, 11) is 0. The van der Waals surface area contributed by atoms with Gasteiger partial charge in [-0.15, -0.1) is 0 Å². The number of carbonyl (C=O) groups excluding carboxylic acids is 1. The van der Waals surface area contributed by atoms with E-state index in [2.05, 4.69) is 5.32 Å². The van der Waals surface area contributed by atoms with Crippen LogP contribution in [-0.4, -0.2) is 29.4 Å². The number of hydrogen-bond donors (Lipinski definition) is 2. The number of hydrogen-bond acceptors (Lipinski definition) is 3. The molecule has 96 valence electrons. The van der Waals surface area contributed by atoms with Gasteiger partial charge in [0.05, 0.1) is 6.61 Å². The van der Waals surface area contributed by atoms with E-state index in [0.717, 1.165) is 0 Å². The summed E-state index contributed by atoms with van der Waals surface area (Å²) in [6.45, 7) is 5.80. The lowest BCUT2D eigenvalue weighted by Gasteiger charge is -2.26. The molecule has 0 aromatic carbocycles. The summed E-state index contributed by atoms with van der Waals surface area (Å²) < 4.78 is 5.29. The second-order valence-corrected chi connectivity index (χ2v) is 6.84. The van der Waals surface area contributed by atoms with Gasteiger partial charge >= 0.3 is 6.09 Å². The molecule has 3 atom stereocenters. The minimum atomic E-state index is -0.457. The molecule has 0 aliphatic heterocycles. The van der Waals surface area contributed by atoms with Crippen LogP contribution >= 0.6 is 0 Å². The Morgan fingerprint density at radius 2 is 2.00 bits per heavy atom. The number of carbonyl (C=O) groups is 1.